The van der Waals surface area contributed by atoms with Gasteiger partial charge in [-0.3, -0.25) is 9.69 Å². The standard InChI is InChI=1S/C12H20N2O2/c15-12(16)8-14(10-1-2-10)11-4-6-13-5-3-9(11)7-13/h9-11H,1-8H2,(H,15,16). The molecule has 2 bridgehead atoms. The summed E-state index contributed by atoms with van der Waals surface area (Å²) in [5, 5.41) is 9.01. The number of piperidine rings is 1. The molecule has 2 aliphatic heterocycles. The predicted molar refractivity (Wildman–Crippen MR) is 60.3 cm³/mol. The second kappa shape index (κ2) is 4.00. The van der Waals surface area contributed by atoms with Gasteiger partial charge in [-0.2, -0.15) is 0 Å². The number of nitrogens with zero attached hydrogens (tertiary/aromatic N) is 2. The Bertz CT molecular complexity index is 291. The van der Waals surface area contributed by atoms with E-state index in [1.165, 1.54) is 45.3 Å². The van der Waals surface area contributed by atoms with E-state index in [0.29, 0.717) is 12.1 Å². The number of hydrogen-bond donors (Lipinski definition) is 1. The molecule has 1 aliphatic carbocycles. The summed E-state index contributed by atoms with van der Waals surface area (Å²) in [5.74, 6) is 0.0704. The van der Waals surface area contributed by atoms with Crippen LogP contribution in [0.25, 0.3) is 0 Å². The van der Waals surface area contributed by atoms with Gasteiger partial charge in [-0.25, -0.2) is 0 Å². The maximum atomic E-state index is 10.9. The van der Waals surface area contributed by atoms with Crippen LogP contribution in [0, 0.1) is 5.92 Å². The molecule has 1 saturated carbocycles. The number of hydrogen-bond acceptors (Lipinski definition) is 3. The van der Waals surface area contributed by atoms with Crippen molar-refractivity contribution in [2.75, 3.05) is 26.2 Å². The van der Waals surface area contributed by atoms with Gasteiger partial charge in [-0.1, -0.05) is 0 Å². The molecule has 4 nitrogen and oxygen atoms in total. The molecular weight excluding hydrogens is 204 g/mol. The van der Waals surface area contributed by atoms with Crippen molar-refractivity contribution in [3.8, 4) is 0 Å². The molecule has 0 aromatic rings. The van der Waals surface area contributed by atoms with Crippen LogP contribution in [0.5, 0.6) is 0 Å². The van der Waals surface area contributed by atoms with Gasteiger partial charge >= 0.3 is 5.97 Å². The van der Waals surface area contributed by atoms with Crippen molar-refractivity contribution in [1.29, 1.82) is 0 Å². The van der Waals surface area contributed by atoms with Gasteiger partial charge in [-0.15, -0.1) is 0 Å². The second-order valence-electron chi connectivity index (χ2n) is 5.50. The van der Waals surface area contributed by atoms with E-state index in [9.17, 15) is 4.79 Å². The van der Waals surface area contributed by atoms with Crippen LogP contribution in [0.15, 0.2) is 0 Å². The van der Waals surface area contributed by atoms with Crippen LogP contribution in [0.3, 0.4) is 0 Å². The number of fused-ring (bicyclic) bond motifs is 2. The smallest absolute Gasteiger partial charge is 0.317 e. The van der Waals surface area contributed by atoms with Gasteiger partial charge in [0.15, 0.2) is 0 Å². The van der Waals surface area contributed by atoms with Crippen molar-refractivity contribution in [2.24, 2.45) is 5.92 Å². The molecule has 0 aromatic heterocycles. The molecule has 3 fully saturated rings. The number of aliphatic carboxylic acids is 1. The summed E-state index contributed by atoms with van der Waals surface area (Å²) in [5.41, 5.74) is 0. The highest BCUT2D eigenvalue weighted by Crippen LogP contribution is 2.36. The van der Waals surface area contributed by atoms with Gasteiger partial charge in [0.25, 0.3) is 0 Å². The zero-order valence-electron chi connectivity index (χ0n) is 9.64. The van der Waals surface area contributed by atoms with Gasteiger partial charge < -0.3 is 10.0 Å². The molecule has 1 N–H and O–H groups in total. The van der Waals surface area contributed by atoms with Gasteiger partial charge in [0.2, 0.25) is 0 Å². The quantitative estimate of drug-likeness (QED) is 0.760. The Balaban J connectivity index is 1.70. The monoisotopic (exact) mass is 224 g/mol. The highest BCUT2D eigenvalue weighted by atomic mass is 16.4. The maximum absolute atomic E-state index is 10.9. The molecule has 3 aliphatic rings. The van der Waals surface area contributed by atoms with Gasteiger partial charge in [0.1, 0.15) is 0 Å². The van der Waals surface area contributed by atoms with Crippen LogP contribution >= 0.6 is 0 Å². The SMILES string of the molecule is O=C(O)CN(C1CC1)C1CCN2CCC1C2. The zero-order valence-corrected chi connectivity index (χ0v) is 9.64. The number of carboxylic acids is 1. The van der Waals surface area contributed by atoms with E-state index in [1.807, 2.05) is 0 Å². The Morgan fingerprint density at radius 3 is 2.69 bits per heavy atom. The van der Waals surface area contributed by atoms with Crippen molar-refractivity contribution < 1.29 is 9.90 Å². The van der Waals surface area contributed by atoms with Crippen molar-refractivity contribution in [3.05, 3.63) is 0 Å². The largest absolute Gasteiger partial charge is 0.480 e. The summed E-state index contributed by atoms with van der Waals surface area (Å²) in [6.45, 7) is 3.86. The fraction of sp³-hybridized carbons (Fsp3) is 0.917. The average Bonchev–Trinajstić information content (AvgIpc) is 3.02. The molecule has 0 radical (unpaired) electrons. The van der Waals surface area contributed by atoms with E-state index < -0.39 is 5.97 Å². The summed E-state index contributed by atoms with van der Waals surface area (Å²) in [6.07, 6.45) is 4.86. The third kappa shape index (κ3) is 1.96. The van der Waals surface area contributed by atoms with Gasteiger partial charge in [-0.05, 0) is 44.7 Å². The summed E-state index contributed by atoms with van der Waals surface area (Å²) in [4.78, 5) is 15.7. The first-order valence-electron chi connectivity index (χ1n) is 6.44. The lowest BCUT2D eigenvalue weighted by atomic mass is 9.92. The predicted octanol–water partition coefficient (Wildman–Crippen LogP) is 0.630. The van der Waals surface area contributed by atoms with Crippen molar-refractivity contribution in [2.45, 2.75) is 37.8 Å². The van der Waals surface area contributed by atoms with E-state index in [4.69, 9.17) is 5.11 Å². The average molecular weight is 224 g/mol. The van der Waals surface area contributed by atoms with E-state index in [1.54, 1.807) is 0 Å². The topological polar surface area (TPSA) is 43.8 Å². The number of rotatable bonds is 4. The Morgan fingerprint density at radius 2 is 2.00 bits per heavy atom. The Hall–Kier alpha value is -0.610. The molecule has 16 heavy (non-hydrogen) atoms. The maximum Gasteiger partial charge on any atom is 0.317 e. The van der Waals surface area contributed by atoms with E-state index in [2.05, 4.69) is 9.80 Å². The van der Waals surface area contributed by atoms with E-state index in [0.717, 1.165) is 5.92 Å². The molecule has 2 saturated heterocycles. The van der Waals surface area contributed by atoms with Crippen molar-refractivity contribution >= 4 is 5.97 Å². The molecule has 4 heteroatoms. The molecule has 0 amide bonds. The minimum atomic E-state index is -0.660. The van der Waals surface area contributed by atoms with E-state index >= 15 is 0 Å². The van der Waals surface area contributed by atoms with Crippen LogP contribution in [-0.2, 0) is 4.79 Å². The fourth-order valence-electron chi connectivity index (χ4n) is 3.45. The highest BCUT2D eigenvalue weighted by Gasteiger charge is 2.42. The van der Waals surface area contributed by atoms with E-state index in [-0.39, 0.29) is 6.54 Å². The summed E-state index contributed by atoms with van der Waals surface area (Å²) in [7, 11) is 0. The van der Waals surface area contributed by atoms with Crippen LogP contribution in [-0.4, -0.2) is 59.1 Å². The van der Waals surface area contributed by atoms with Crippen LogP contribution in [0.4, 0.5) is 0 Å². The molecular formula is C12H20N2O2. The number of carbonyl (C=O) groups is 1. The Kier molecular flexibility index (Phi) is 2.64. The normalized spacial score (nSPS) is 37.9. The minimum absolute atomic E-state index is 0.256. The Labute approximate surface area is 96.2 Å². The molecule has 2 heterocycles. The molecule has 90 valence electrons. The first kappa shape index (κ1) is 10.5. The first-order valence-corrected chi connectivity index (χ1v) is 6.44. The lowest BCUT2D eigenvalue weighted by molar-refractivity contribution is -0.139. The molecule has 0 aromatic carbocycles. The summed E-state index contributed by atoms with van der Waals surface area (Å²) >= 11 is 0. The van der Waals surface area contributed by atoms with Crippen molar-refractivity contribution in [3.63, 3.8) is 0 Å². The van der Waals surface area contributed by atoms with Crippen LogP contribution in [0.1, 0.15) is 25.7 Å². The van der Waals surface area contributed by atoms with Gasteiger partial charge in [0, 0.05) is 18.6 Å². The molecule has 3 unspecified atom stereocenters. The molecule has 3 rings (SSSR count). The lowest BCUT2D eigenvalue weighted by Crippen LogP contribution is -2.49. The summed E-state index contributed by atoms with van der Waals surface area (Å²) in [6, 6.07) is 1.12. The highest BCUT2D eigenvalue weighted by molar-refractivity contribution is 5.69. The lowest BCUT2D eigenvalue weighted by Gasteiger charge is -2.38. The third-order valence-electron chi connectivity index (χ3n) is 4.35. The molecule has 0 spiro atoms. The number of carboxylic acid groups (broad SMARTS) is 1. The van der Waals surface area contributed by atoms with Crippen molar-refractivity contribution in [1.82, 2.24) is 9.80 Å². The second-order valence-corrected chi connectivity index (χ2v) is 5.50. The van der Waals surface area contributed by atoms with Gasteiger partial charge in [0.05, 0.1) is 6.54 Å². The third-order valence-corrected chi connectivity index (χ3v) is 4.35. The Morgan fingerprint density at radius 1 is 1.25 bits per heavy atom. The molecule has 3 atom stereocenters. The van der Waals surface area contributed by atoms with Crippen LogP contribution in [0.2, 0.25) is 0 Å². The zero-order chi connectivity index (χ0) is 11.1. The minimum Gasteiger partial charge on any atom is -0.480 e. The van der Waals surface area contributed by atoms with Crippen LogP contribution < -0.4 is 0 Å². The summed E-state index contributed by atoms with van der Waals surface area (Å²) < 4.78 is 0. The first-order chi connectivity index (χ1) is 7.74. The fourth-order valence-corrected chi connectivity index (χ4v) is 3.45.